The minimum atomic E-state index is -0.457. The molecule has 7 nitrogen and oxygen atoms in total. The molecule has 1 aromatic heterocycles. The zero-order chi connectivity index (χ0) is 13.6. The van der Waals surface area contributed by atoms with Crippen LogP contribution in [-0.2, 0) is 17.8 Å². The van der Waals surface area contributed by atoms with Gasteiger partial charge in [-0.1, -0.05) is 0 Å². The van der Waals surface area contributed by atoms with Crippen molar-refractivity contribution in [3.63, 3.8) is 0 Å². The molecule has 0 spiro atoms. The van der Waals surface area contributed by atoms with Gasteiger partial charge in [-0.05, 0) is 18.6 Å². The van der Waals surface area contributed by atoms with E-state index in [2.05, 4.69) is 10.3 Å². The van der Waals surface area contributed by atoms with E-state index in [-0.39, 0.29) is 17.3 Å². The van der Waals surface area contributed by atoms with Gasteiger partial charge in [-0.25, -0.2) is 4.98 Å². The maximum atomic E-state index is 11.3. The van der Waals surface area contributed by atoms with E-state index in [9.17, 15) is 14.9 Å². The zero-order valence-corrected chi connectivity index (χ0v) is 10.3. The summed E-state index contributed by atoms with van der Waals surface area (Å²) in [4.78, 5) is 26.4. The number of nitrogens with zero attached hydrogens (tertiary/aromatic N) is 3. The van der Waals surface area contributed by atoms with Crippen LogP contribution in [0.3, 0.4) is 0 Å². The number of nitro benzene ring substituents is 1. The van der Waals surface area contributed by atoms with E-state index in [0.717, 1.165) is 25.2 Å². The molecule has 0 saturated carbocycles. The van der Waals surface area contributed by atoms with E-state index in [1.54, 1.807) is 6.07 Å². The molecule has 1 aromatic carbocycles. The van der Waals surface area contributed by atoms with Gasteiger partial charge in [0.1, 0.15) is 17.0 Å². The number of benzene rings is 1. The Labute approximate surface area is 108 Å². The maximum absolute atomic E-state index is 11.3. The number of aromatic nitrogens is 2. The average molecular weight is 260 g/mol. The quantitative estimate of drug-likeness (QED) is 0.659. The fraction of sp³-hybridized carbons (Fsp3) is 0.333. The lowest BCUT2D eigenvalue weighted by Crippen LogP contribution is -2.09. The highest BCUT2D eigenvalue weighted by Gasteiger charge is 2.27. The predicted molar refractivity (Wildman–Crippen MR) is 69.0 cm³/mol. The lowest BCUT2D eigenvalue weighted by molar-refractivity contribution is -0.382. The fourth-order valence-corrected chi connectivity index (χ4v) is 2.56. The third-order valence-corrected chi connectivity index (χ3v) is 3.24. The second kappa shape index (κ2) is 4.04. The Morgan fingerprint density at radius 3 is 3.00 bits per heavy atom. The van der Waals surface area contributed by atoms with Gasteiger partial charge in [0.15, 0.2) is 0 Å². The molecule has 2 heterocycles. The highest BCUT2D eigenvalue weighted by atomic mass is 16.6. The first-order valence-electron chi connectivity index (χ1n) is 6.02. The Balaban J connectivity index is 2.31. The average Bonchev–Trinajstić information content (AvgIpc) is 2.87. The van der Waals surface area contributed by atoms with Gasteiger partial charge in [-0.15, -0.1) is 0 Å². The molecule has 1 N–H and O–H groups in total. The first-order valence-corrected chi connectivity index (χ1v) is 6.02. The lowest BCUT2D eigenvalue weighted by atomic mass is 10.2. The summed E-state index contributed by atoms with van der Waals surface area (Å²) >= 11 is 0. The molecule has 3 rings (SSSR count). The number of aryl methyl sites for hydroxylation is 2. The van der Waals surface area contributed by atoms with Gasteiger partial charge in [-0.2, -0.15) is 0 Å². The Bertz CT molecular complexity index is 705. The summed E-state index contributed by atoms with van der Waals surface area (Å²) in [7, 11) is 0. The number of nitro groups is 1. The maximum Gasteiger partial charge on any atom is 0.318 e. The second-order valence-corrected chi connectivity index (χ2v) is 4.55. The molecule has 0 atom stereocenters. The monoisotopic (exact) mass is 260 g/mol. The summed E-state index contributed by atoms with van der Waals surface area (Å²) in [5.41, 5.74) is 1.26. The largest absolute Gasteiger partial charge is 0.322 e. The van der Waals surface area contributed by atoms with Crippen LogP contribution in [0, 0.1) is 10.1 Å². The van der Waals surface area contributed by atoms with Crippen molar-refractivity contribution in [1.82, 2.24) is 9.55 Å². The van der Waals surface area contributed by atoms with Gasteiger partial charge in [0, 0.05) is 19.9 Å². The Kier molecular flexibility index (Phi) is 2.48. The summed E-state index contributed by atoms with van der Waals surface area (Å²) in [5.74, 6) is 0.543. The first kappa shape index (κ1) is 11.6. The SMILES string of the molecule is CC(=O)Nc1ccc2nc3n(c2c1[N+](=O)[O-])CCC3. The molecule has 7 heteroatoms. The predicted octanol–water partition coefficient (Wildman–Crippen LogP) is 1.85. The van der Waals surface area contributed by atoms with E-state index in [0.29, 0.717) is 11.0 Å². The van der Waals surface area contributed by atoms with Crippen LogP contribution in [0.25, 0.3) is 11.0 Å². The first-order chi connectivity index (χ1) is 9.08. The molecule has 0 aliphatic carbocycles. The van der Waals surface area contributed by atoms with E-state index >= 15 is 0 Å². The van der Waals surface area contributed by atoms with E-state index in [4.69, 9.17) is 0 Å². The van der Waals surface area contributed by atoms with Crippen LogP contribution in [0.2, 0.25) is 0 Å². The summed E-state index contributed by atoms with van der Waals surface area (Å²) in [6.45, 7) is 2.06. The van der Waals surface area contributed by atoms with Crippen molar-refractivity contribution in [1.29, 1.82) is 0 Å². The minimum Gasteiger partial charge on any atom is -0.322 e. The minimum absolute atomic E-state index is 0.0756. The van der Waals surface area contributed by atoms with Crippen LogP contribution < -0.4 is 5.32 Å². The smallest absolute Gasteiger partial charge is 0.318 e. The van der Waals surface area contributed by atoms with Crippen molar-refractivity contribution in [2.75, 3.05) is 5.32 Å². The molecule has 1 aliphatic heterocycles. The Morgan fingerprint density at radius 2 is 2.32 bits per heavy atom. The summed E-state index contributed by atoms with van der Waals surface area (Å²) < 4.78 is 1.87. The van der Waals surface area contributed by atoms with Crippen LogP contribution in [0.4, 0.5) is 11.4 Å². The van der Waals surface area contributed by atoms with Gasteiger partial charge in [-0.3, -0.25) is 14.9 Å². The van der Waals surface area contributed by atoms with Crippen molar-refractivity contribution in [3.8, 4) is 0 Å². The highest BCUT2D eigenvalue weighted by molar-refractivity contribution is 5.99. The molecule has 0 unspecified atom stereocenters. The highest BCUT2D eigenvalue weighted by Crippen LogP contribution is 2.35. The molecule has 98 valence electrons. The number of carbonyl (C=O) groups is 1. The number of nitrogens with one attached hydrogen (secondary N) is 1. The van der Waals surface area contributed by atoms with Crippen LogP contribution in [0.15, 0.2) is 12.1 Å². The molecule has 0 saturated heterocycles. The standard InChI is InChI=1S/C12H12N4O3/c1-7(17)13-9-5-4-8-11(12(9)16(18)19)15-6-2-3-10(15)14-8/h4-5H,2-3,6H2,1H3,(H,13,17). The number of rotatable bonds is 2. The number of imidazole rings is 1. The number of fused-ring (bicyclic) bond motifs is 3. The summed E-state index contributed by atoms with van der Waals surface area (Å²) in [6.07, 6.45) is 1.78. The Hall–Kier alpha value is -2.44. The van der Waals surface area contributed by atoms with E-state index in [1.165, 1.54) is 13.0 Å². The fourth-order valence-electron chi connectivity index (χ4n) is 2.56. The molecule has 0 radical (unpaired) electrons. The topological polar surface area (TPSA) is 90.1 Å². The van der Waals surface area contributed by atoms with Crippen molar-refractivity contribution >= 4 is 28.3 Å². The molecule has 2 aromatic rings. The van der Waals surface area contributed by atoms with Gasteiger partial charge in [0.05, 0.1) is 10.4 Å². The van der Waals surface area contributed by atoms with Crippen LogP contribution in [0.1, 0.15) is 19.2 Å². The number of hydrogen-bond acceptors (Lipinski definition) is 4. The van der Waals surface area contributed by atoms with E-state index in [1.807, 2.05) is 4.57 Å². The van der Waals surface area contributed by atoms with Crippen LogP contribution in [-0.4, -0.2) is 20.4 Å². The number of carbonyl (C=O) groups excluding carboxylic acids is 1. The van der Waals surface area contributed by atoms with Gasteiger partial charge in [0.25, 0.3) is 0 Å². The summed E-state index contributed by atoms with van der Waals surface area (Å²) in [6, 6.07) is 3.24. The molecule has 0 bridgehead atoms. The number of hydrogen-bond donors (Lipinski definition) is 1. The van der Waals surface area contributed by atoms with Crippen molar-refractivity contribution in [2.45, 2.75) is 26.3 Å². The van der Waals surface area contributed by atoms with Gasteiger partial charge >= 0.3 is 5.69 Å². The molecule has 1 aliphatic rings. The normalized spacial score (nSPS) is 13.5. The van der Waals surface area contributed by atoms with Crippen molar-refractivity contribution in [2.24, 2.45) is 0 Å². The third-order valence-electron chi connectivity index (χ3n) is 3.24. The third kappa shape index (κ3) is 1.74. The Morgan fingerprint density at radius 1 is 1.53 bits per heavy atom. The van der Waals surface area contributed by atoms with Crippen molar-refractivity contribution < 1.29 is 9.72 Å². The molecular weight excluding hydrogens is 248 g/mol. The molecular formula is C12H12N4O3. The van der Waals surface area contributed by atoms with Gasteiger partial charge < -0.3 is 9.88 Å². The van der Waals surface area contributed by atoms with Crippen molar-refractivity contribution in [3.05, 3.63) is 28.1 Å². The lowest BCUT2D eigenvalue weighted by Gasteiger charge is -2.06. The van der Waals surface area contributed by atoms with Gasteiger partial charge in [0.2, 0.25) is 5.91 Å². The number of amides is 1. The zero-order valence-electron chi connectivity index (χ0n) is 10.3. The number of anilines is 1. The van der Waals surface area contributed by atoms with Crippen LogP contribution >= 0.6 is 0 Å². The molecule has 19 heavy (non-hydrogen) atoms. The summed E-state index contributed by atoms with van der Waals surface area (Å²) in [5, 5.41) is 13.8. The molecule has 0 fully saturated rings. The second-order valence-electron chi connectivity index (χ2n) is 4.55. The van der Waals surface area contributed by atoms with Crippen LogP contribution in [0.5, 0.6) is 0 Å². The van der Waals surface area contributed by atoms with E-state index < -0.39 is 4.92 Å². The molecule has 1 amide bonds.